The number of hydrogen-bond donors (Lipinski definition) is 1. The lowest BCUT2D eigenvalue weighted by Crippen LogP contribution is -2.06. The number of aliphatic hydroxyl groups is 1. The molecule has 1 heterocycles. The molecule has 0 unspecified atom stereocenters. The second-order valence-electron chi connectivity index (χ2n) is 2.96. The summed E-state index contributed by atoms with van der Waals surface area (Å²) in [5.41, 5.74) is 0. The Kier molecular flexibility index (Phi) is 1.62. The molecule has 1 saturated carbocycles. The largest absolute Gasteiger partial charge is 0.388 e. The van der Waals surface area contributed by atoms with Gasteiger partial charge in [0.05, 0.1) is 0 Å². The normalized spacial score (nSPS) is 17.2. The van der Waals surface area contributed by atoms with Gasteiger partial charge in [-0.1, -0.05) is 0 Å². The van der Waals surface area contributed by atoms with Gasteiger partial charge in [0.2, 0.25) is 0 Å². The third kappa shape index (κ3) is 1.40. The fraction of sp³-hybridized carbons (Fsp3) is 0.714. The molecule has 0 atom stereocenters. The summed E-state index contributed by atoms with van der Waals surface area (Å²) in [7, 11) is 0. The molecule has 0 saturated heterocycles. The molecule has 1 N–H and O–H groups in total. The van der Waals surface area contributed by atoms with Crippen molar-refractivity contribution < 1.29 is 5.11 Å². The Balaban J connectivity index is 2.07. The number of nitrogens with zero attached hydrogens (tertiary/aromatic N) is 3. The predicted molar refractivity (Wildman–Crippen MR) is 38.7 cm³/mol. The van der Waals surface area contributed by atoms with Crippen LogP contribution in [-0.2, 0) is 13.2 Å². The van der Waals surface area contributed by atoms with Crippen LogP contribution in [0.1, 0.15) is 18.7 Å². The molecule has 0 amide bonds. The molecular weight excluding hydrogens is 142 g/mol. The quantitative estimate of drug-likeness (QED) is 0.674. The van der Waals surface area contributed by atoms with E-state index in [1.165, 1.54) is 19.2 Å². The van der Waals surface area contributed by atoms with Crippen molar-refractivity contribution in [3.63, 3.8) is 0 Å². The molecule has 0 radical (unpaired) electrons. The number of aromatic nitrogens is 3. The minimum atomic E-state index is -0.00722. The molecule has 1 fully saturated rings. The van der Waals surface area contributed by atoms with E-state index in [0.29, 0.717) is 5.82 Å². The van der Waals surface area contributed by atoms with Gasteiger partial charge in [0.1, 0.15) is 12.9 Å². The van der Waals surface area contributed by atoms with Crippen LogP contribution < -0.4 is 0 Å². The van der Waals surface area contributed by atoms with Gasteiger partial charge in [-0.2, -0.15) is 5.10 Å². The zero-order valence-electron chi connectivity index (χ0n) is 6.27. The summed E-state index contributed by atoms with van der Waals surface area (Å²) in [5, 5.41) is 12.8. The van der Waals surface area contributed by atoms with E-state index in [0.717, 1.165) is 12.5 Å². The lowest BCUT2D eigenvalue weighted by molar-refractivity contribution is 0.261. The van der Waals surface area contributed by atoms with Crippen LogP contribution in [0.3, 0.4) is 0 Å². The van der Waals surface area contributed by atoms with Crippen molar-refractivity contribution >= 4 is 0 Å². The molecule has 0 spiro atoms. The summed E-state index contributed by atoms with van der Waals surface area (Å²) < 4.78 is 1.79. The van der Waals surface area contributed by atoms with E-state index in [9.17, 15) is 0 Å². The van der Waals surface area contributed by atoms with Crippen molar-refractivity contribution in [1.29, 1.82) is 0 Å². The average Bonchev–Trinajstić information content (AvgIpc) is 2.68. The van der Waals surface area contributed by atoms with Crippen molar-refractivity contribution in [2.75, 3.05) is 0 Å². The van der Waals surface area contributed by atoms with Crippen LogP contribution in [0, 0.1) is 5.92 Å². The molecule has 1 aromatic heterocycles. The molecule has 1 aliphatic rings. The molecule has 4 nitrogen and oxygen atoms in total. The minimum Gasteiger partial charge on any atom is -0.388 e. The Bertz CT molecular complexity index is 242. The van der Waals surface area contributed by atoms with Gasteiger partial charge in [0.15, 0.2) is 5.82 Å². The summed E-state index contributed by atoms with van der Waals surface area (Å²) in [5.74, 6) is 1.46. The van der Waals surface area contributed by atoms with Gasteiger partial charge < -0.3 is 5.11 Å². The highest BCUT2D eigenvalue weighted by Crippen LogP contribution is 2.30. The first kappa shape index (κ1) is 6.79. The van der Waals surface area contributed by atoms with Crippen LogP contribution in [0.4, 0.5) is 0 Å². The zero-order chi connectivity index (χ0) is 7.68. The van der Waals surface area contributed by atoms with Gasteiger partial charge in [-0.05, 0) is 18.8 Å². The second-order valence-corrected chi connectivity index (χ2v) is 2.96. The Hall–Kier alpha value is -0.900. The first-order chi connectivity index (χ1) is 5.40. The molecule has 60 valence electrons. The fourth-order valence-electron chi connectivity index (χ4n) is 1.11. The molecule has 1 aliphatic carbocycles. The Labute approximate surface area is 64.9 Å². The summed E-state index contributed by atoms with van der Waals surface area (Å²) in [6.45, 7) is 0.919. The maximum atomic E-state index is 8.82. The van der Waals surface area contributed by atoms with E-state index in [1.807, 2.05) is 0 Å². The highest BCUT2D eigenvalue weighted by atomic mass is 16.3. The number of hydrogen-bond acceptors (Lipinski definition) is 3. The summed E-state index contributed by atoms with van der Waals surface area (Å²) in [6, 6.07) is 0. The monoisotopic (exact) mass is 153 g/mol. The van der Waals surface area contributed by atoms with Gasteiger partial charge >= 0.3 is 0 Å². The smallest absolute Gasteiger partial charge is 0.152 e. The van der Waals surface area contributed by atoms with Crippen LogP contribution >= 0.6 is 0 Å². The van der Waals surface area contributed by atoms with Crippen molar-refractivity contribution in [2.24, 2.45) is 5.92 Å². The first-order valence-corrected chi connectivity index (χ1v) is 3.87. The van der Waals surface area contributed by atoms with Crippen molar-refractivity contribution in [3.8, 4) is 0 Å². The molecule has 0 bridgehead atoms. The molecule has 0 aliphatic heterocycles. The maximum Gasteiger partial charge on any atom is 0.152 e. The standard InChI is InChI=1S/C7H11N3O/c11-4-7-8-5-9-10(7)3-6-1-2-6/h5-6,11H,1-4H2. The molecule has 1 aromatic rings. The van der Waals surface area contributed by atoms with Gasteiger partial charge in [-0.25, -0.2) is 9.67 Å². The Morgan fingerprint density at radius 1 is 1.64 bits per heavy atom. The van der Waals surface area contributed by atoms with Crippen molar-refractivity contribution in [2.45, 2.75) is 26.0 Å². The summed E-state index contributed by atoms with van der Waals surface area (Å²) in [6.07, 6.45) is 4.09. The SMILES string of the molecule is OCc1ncnn1CC1CC1. The third-order valence-corrected chi connectivity index (χ3v) is 1.97. The first-order valence-electron chi connectivity index (χ1n) is 3.87. The average molecular weight is 153 g/mol. The summed E-state index contributed by atoms with van der Waals surface area (Å²) in [4.78, 5) is 3.92. The summed E-state index contributed by atoms with van der Waals surface area (Å²) >= 11 is 0. The van der Waals surface area contributed by atoms with Crippen LogP contribution in [0.25, 0.3) is 0 Å². The van der Waals surface area contributed by atoms with E-state index in [1.54, 1.807) is 4.68 Å². The van der Waals surface area contributed by atoms with Crippen LogP contribution in [0.2, 0.25) is 0 Å². The molecule has 2 rings (SSSR count). The van der Waals surface area contributed by atoms with Crippen molar-refractivity contribution in [1.82, 2.24) is 14.8 Å². The minimum absolute atomic E-state index is 0.00722. The van der Waals surface area contributed by atoms with E-state index in [-0.39, 0.29) is 6.61 Å². The van der Waals surface area contributed by atoms with E-state index in [4.69, 9.17) is 5.11 Å². The lowest BCUT2D eigenvalue weighted by atomic mass is 10.4. The van der Waals surface area contributed by atoms with Crippen LogP contribution in [-0.4, -0.2) is 19.9 Å². The van der Waals surface area contributed by atoms with Gasteiger partial charge in [-0.3, -0.25) is 0 Å². The van der Waals surface area contributed by atoms with E-state index in [2.05, 4.69) is 10.1 Å². The molecule has 0 aromatic carbocycles. The highest BCUT2D eigenvalue weighted by Gasteiger charge is 2.22. The second kappa shape index (κ2) is 2.62. The Morgan fingerprint density at radius 3 is 3.09 bits per heavy atom. The Morgan fingerprint density at radius 2 is 2.45 bits per heavy atom. The fourth-order valence-corrected chi connectivity index (χ4v) is 1.11. The zero-order valence-corrected chi connectivity index (χ0v) is 6.27. The third-order valence-electron chi connectivity index (χ3n) is 1.97. The van der Waals surface area contributed by atoms with Gasteiger partial charge in [-0.15, -0.1) is 0 Å². The maximum absolute atomic E-state index is 8.82. The highest BCUT2D eigenvalue weighted by molar-refractivity contribution is 4.84. The predicted octanol–water partition coefficient (Wildman–Crippen LogP) is 0.180. The van der Waals surface area contributed by atoms with Gasteiger partial charge in [0.25, 0.3) is 0 Å². The van der Waals surface area contributed by atoms with E-state index < -0.39 is 0 Å². The van der Waals surface area contributed by atoms with Crippen molar-refractivity contribution in [3.05, 3.63) is 12.2 Å². The van der Waals surface area contributed by atoms with Crippen LogP contribution in [0.15, 0.2) is 6.33 Å². The van der Waals surface area contributed by atoms with Crippen LogP contribution in [0.5, 0.6) is 0 Å². The number of rotatable bonds is 3. The topological polar surface area (TPSA) is 50.9 Å². The molecular formula is C7H11N3O. The molecule has 11 heavy (non-hydrogen) atoms. The lowest BCUT2D eigenvalue weighted by Gasteiger charge is -2.00. The van der Waals surface area contributed by atoms with Gasteiger partial charge in [0, 0.05) is 6.54 Å². The molecule has 4 heteroatoms. The van der Waals surface area contributed by atoms with E-state index >= 15 is 0 Å². The number of aliphatic hydroxyl groups excluding tert-OH is 1.